The molecule has 1 heterocycles. The summed E-state index contributed by atoms with van der Waals surface area (Å²) in [6, 6.07) is 0.837. The Morgan fingerprint density at radius 3 is 2.28 bits per heavy atom. The number of aliphatic hydroxyl groups excluding tert-OH is 1. The third-order valence-electron chi connectivity index (χ3n) is 4.74. The largest absolute Gasteiger partial charge is 0.392 e. The quantitative estimate of drug-likeness (QED) is 0.786. The molecule has 0 aromatic carbocycles. The van der Waals surface area contributed by atoms with E-state index in [4.69, 9.17) is 9.47 Å². The van der Waals surface area contributed by atoms with E-state index in [1.165, 1.54) is 12.8 Å². The van der Waals surface area contributed by atoms with Crippen LogP contribution in [0.5, 0.6) is 0 Å². The monoisotopic (exact) mass is 255 g/mol. The molecule has 0 aromatic heterocycles. The van der Waals surface area contributed by atoms with Gasteiger partial charge in [0.15, 0.2) is 5.79 Å². The fraction of sp³-hybridized carbons (Fsp3) is 1.00. The van der Waals surface area contributed by atoms with Crippen LogP contribution in [0.15, 0.2) is 0 Å². The SMILES string of the molecule is OC1CCCCC1NC1CCC2(CC1)OCCO2. The Kier molecular flexibility index (Phi) is 3.89. The maximum absolute atomic E-state index is 9.99. The van der Waals surface area contributed by atoms with Gasteiger partial charge in [0, 0.05) is 24.9 Å². The summed E-state index contributed by atoms with van der Waals surface area (Å²) in [5.41, 5.74) is 0. The minimum atomic E-state index is -0.261. The summed E-state index contributed by atoms with van der Waals surface area (Å²) in [5, 5.41) is 13.6. The zero-order valence-electron chi connectivity index (χ0n) is 11.1. The van der Waals surface area contributed by atoms with Gasteiger partial charge in [-0.1, -0.05) is 12.8 Å². The summed E-state index contributed by atoms with van der Waals surface area (Å²) in [6.07, 6.45) is 8.55. The first-order valence-electron chi connectivity index (χ1n) is 7.49. The third-order valence-corrected chi connectivity index (χ3v) is 4.74. The van der Waals surface area contributed by atoms with Crippen molar-refractivity contribution in [3.63, 3.8) is 0 Å². The molecule has 0 amide bonds. The lowest BCUT2D eigenvalue weighted by Crippen LogP contribution is -2.50. The summed E-state index contributed by atoms with van der Waals surface area (Å²) in [6.45, 7) is 1.50. The highest BCUT2D eigenvalue weighted by Gasteiger charge is 2.40. The van der Waals surface area contributed by atoms with E-state index in [0.717, 1.165) is 51.7 Å². The topological polar surface area (TPSA) is 50.7 Å². The van der Waals surface area contributed by atoms with Crippen molar-refractivity contribution in [3.05, 3.63) is 0 Å². The molecule has 2 N–H and O–H groups in total. The highest BCUT2D eigenvalue weighted by Crippen LogP contribution is 2.36. The molecule has 1 saturated heterocycles. The Hall–Kier alpha value is -0.160. The second-order valence-corrected chi connectivity index (χ2v) is 6.01. The summed E-state index contributed by atoms with van der Waals surface area (Å²) in [7, 11) is 0. The van der Waals surface area contributed by atoms with Crippen molar-refractivity contribution in [2.24, 2.45) is 0 Å². The molecule has 2 unspecified atom stereocenters. The van der Waals surface area contributed by atoms with E-state index in [0.29, 0.717) is 12.1 Å². The molecule has 4 nitrogen and oxygen atoms in total. The van der Waals surface area contributed by atoms with Crippen molar-refractivity contribution in [1.82, 2.24) is 5.32 Å². The molecule has 0 bridgehead atoms. The van der Waals surface area contributed by atoms with Crippen molar-refractivity contribution in [2.45, 2.75) is 75.3 Å². The van der Waals surface area contributed by atoms with E-state index in [1.807, 2.05) is 0 Å². The van der Waals surface area contributed by atoms with Crippen LogP contribution in [0.2, 0.25) is 0 Å². The fourth-order valence-corrected chi connectivity index (χ4v) is 3.62. The zero-order chi connectivity index (χ0) is 12.4. The molecule has 1 spiro atoms. The lowest BCUT2D eigenvalue weighted by molar-refractivity contribution is -0.180. The van der Waals surface area contributed by atoms with Gasteiger partial charge in [0.1, 0.15) is 0 Å². The molecule has 2 atom stereocenters. The van der Waals surface area contributed by atoms with E-state index in [2.05, 4.69) is 5.32 Å². The van der Waals surface area contributed by atoms with Gasteiger partial charge < -0.3 is 19.9 Å². The first-order chi connectivity index (χ1) is 8.77. The van der Waals surface area contributed by atoms with Crippen LogP contribution in [-0.4, -0.2) is 42.3 Å². The Balaban J connectivity index is 1.47. The van der Waals surface area contributed by atoms with Gasteiger partial charge in [-0.15, -0.1) is 0 Å². The number of ether oxygens (including phenoxy) is 2. The van der Waals surface area contributed by atoms with Crippen LogP contribution in [0, 0.1) is 0 Å². The van der Waals surface area contributed by atoms with Crippen LogP contribution in [0.25, 0.3) is 0 Å². The van der Waals surface area contributed by atoms with Gasteiger partial charge in [0.05, 0.1) is 19.3 Å². The second-order valence-electron chi connectivity index (χ2n) is 6.01. The number of rotatable bonds is 2. The first-order valence-corrected chi connectivity index (χ1v) is 7.49. The van der Waals surface area contributed by atoms with Crippen LogP contribution >= 0.6 is 0 Å². The molecule has 0 radical (unpaired) electrons. The van der Waals surface area contributed by atoms with Gasteiger partial charge in [0.2, 0.25) is 0 Å². The molecule has 4 heteroatoms. The molecule has 2 aliphatic carbocycles. The van der Waals surface area contributed by atoms with E-state index in [9.17, 15) is 5.11 Å². The van der Waals surface area contributed by atoms with Crippen molar-refractivity contribution < 1.29 is 14.6 Å². The van der Waals surface area contributed by atoms with Crippen molar-refractivity contribution in [2.75, 3.05) is 13.2 Å². The second kappa shape index (κ2) is 5.45. The minimum absolute atomic E-state index is 0.145. The molecule has 3 aliphatic rings. The summed E-state index contributed by atoms with van der Waals surface area (Å²) in [4.78, 5) is 0. The molecule has 2 saturated carbocycles. The van der Waals surface area contributed by atoms with Gasteiger partial charge in [-0.2, -0.15) is 0 Å². The number of hydrogen-bond donors (Lipinski definition) is 2. The molecule has 18 heavy (non-hydrogen) atoms. The highest BCUT2D eigenvalue weighted by molar-refractivity contribution is 4.89. The lowest BCUT2D eigenvalue weighted by Gasteiger charge is -2.39. The van der Waals surface area contributed by atoms with Crippen LogP contribution < -0.4 is 5.32 Å². The average Bonchev–Trinajstić information content (AvgIpc) is 2.84. The first kappa shape index (κ1) is 12.9. The van der Waals surface area contributed by atoms with Crippen molar-refractivity contribution in [1.29, 1.82) is 0 Å². The Morgan fingerprint density at radius 2 is 1.61 bits per heavy atom. The van der Waals surface area contributed by atoms with E-state index in [-0.39, 0.29) is 11.9 Å². The van der Waals surface area contributed by atoms with Crippen LogP contribution in [0.1, 0.15) is 51.4 Å². The Labute approximate surface area is 109 Å². The predicted octanol–water partition coefficient (Wildman–Crippen LogP) is 1.57. The lowest BCUT2D eigenvalue weighted by atomic mass is 9.87. The Morgan fingerprint density at radius 1 is 0.944 bits per heavy atom. The highest BCUT2D eigenvalue weighted by atomic mass is 16.7. The minimum Gasteiger partial charge on any atom is -0.392 e. The molecule has 1 aliphatic heterocycles. The van der Waals surface area contributed by atoms with E-state index >= 15 is 0 Å². The molecule has 3 rings (SSSR count). The van der Waals surface area contributed by atoms with Gasteiger partial charge in [-0.05, 0) is 25.7 Å². The smallest absolute Gasteiger partial charge is 0.168 e. The zero-order valence-corrected chi connectivity index (χ0v) is 11.1. The van der Waals surface area contributed by atoms with Gasteiger partial charge in [0.25, 0.3) is 0 Å². The maximum atomic E-state index is 9.99. The van der Waals surface area contributed by atoms with Crippen LogP contribution in [-0.2, 0) is 9.47 Å². The molecule has 104 valence electrons. The summed E-state index contributed by atoms with van der Waals surface area (Å²) >= 11 is 0. The van der Waals surface area contributed by atoms with Crippen LogP contribution in [0.4, 0.5) is 0 Å². The Bertz CT molecular complexity index is 268. The normalized spacial score (nSPS) is 37.2. The average molecular weight is 255 g/mol. The van der Waals surface area contributed by atoms with Crippen molar-refractivity contribution >= 4 is 0 Å². The molecule has 3 fully saturated rings. The predicted molar refractivity (Wildman–Crippen MR) is 68.3 cm³/mol. The van der Waals surface area contributed by atoms with E-state index < -0.39 is 0 Å². The van der Waals surface area contributed by atoms with Crippen molar-refractivity contribution in [3.8, 4) is 0 Å². The fourth-order valence-electron chi connectivity index (χ4n) is 3.62. The van der Waals surface area contributed by atoms with Crippen LogP contribution in [0.3, 0.4) is 0 Å². The summed E-state index contributed by atoms with van der Waals surface area (Å²) < 4.78 is 11.5. The number of nitrogens with one attached hydrogen (secondary N) is 1. The third kappa shape index (κ3) is 2.72. The van der Waals surface area contributed by atoms with Gasteiger partial charge >= 0.3 is 0 Å². The van der Waals surface area contributed by atoms with Gasteiger partial charge in [-0.25, -0.2) is 0 Å². The van der Waals surface area contributed by atoms with Gasteiger partial charge in [-0.3, -0.25) is 0 Å². The number of aliphatic hydroxyl groups is 1. The standard InChI is InChI=1S/C14H25NO3/c16-13-4-2-1-3-12(13)15-11-5-7-14(8-6-11)17-9-10-18-14/h11-13,15-16H,1-10H2. The van der Waals surface area contributed by atoms with E-state index in [1.54, 1.807) is 0 Å². The molecule has 0 aromatic rings. The molecular weight excluding hydrogens is 230 g/mol. The summed E-state index contributed by atoms with van der Waals surface area (Å²) in [5.74, 6) is -0.261. The maximum Gasteiger partial charge on any atom is 0.168 e. The molecular formula is C14H25NO3. The number of hydrogen-bond acceptors (Lipinski definition) is 4.